The van der Waals surface area contributed by atoms with Gasteiger partial charge in [0.25, 0.3) is 0 Å². The molecule has 49 heavy (non-hydrogen) atoms. The highest BCUT2D eigenvalue weighted by atomic mass is 16.3. The minimum absolute atomic E-state index is 0.150. The van der Waals surface area contributed by atoms with Crippen molar-refractivity contribution in [2.75, 3.05) is 0 Å². The summed E-state index contributed by atoms with van der Waals surface area (Å²) in [4.78, 5) is 0. The van der Waals surface area contributed by atoms with E-state index < -0.39 is 247 Å². The number of benzene rings is 9. The van der Waals surface area contributed by atoms with Gasteiger partial charge < -0.3 is 4.42 Å². The lowest BCUT2D eigenvalue weighted by Gasteiger charge is -2.18. The minimum Gasteiger partial charge on any atom is -0.455 e. The van der Waals surface area contributed by atoms with Gasteiger partial charge >= 0.3 is 0 Å². The van der Waals surface area contributed by atoms with Gasteiger partial charge in [-0.25, -0.2) is 0 Å². The van der Waals surface area contributed by atoms with Crippen LogP contribution in [0.4, 0.5) is 0 Å². The first kappa shape index (κ1) is 11.3. The fourth-order valence-corrected chi connectivity index (χ4v) is 5.77. The van der Waals surface area contributed by atoms with Crippen molar-refractivity contribution in [1.29, 1.82) is 0 Å². The summed E-state index contributed by atoms with van der Waals surface area (Å²) in [5, 5.41) is -4.17. The van der Waals surface area contributed by atoms with Crippen molar-refractivity contribution < 1.29 is 44.2 Å². The highest BCUT2D eigenvalue weighted by Crippen LogP contribution is 2.44. The lowest BCUT2D eigenvalue weighted by molar-refractivity contribution is 0.672. The molecule has 0 fully saturated rings. The van der Waals surface area contributed by atoms with Crippen LogP contribution in [0.25, 0.3) is 98.8 Å². The number of rotatable bonds is 4. The van der Waals surface area contributed by atoms with Crippen LogP contribution in [0.2, 0.25) is 0 Å². The zero-order chi connectivity index (χ0) is 57.5. The molecule has 0 spiro atoms. The first-order valence-corrected chi connectivity index (χ1v) is 14.5. The van der Waals surface area contributed by atoms with Crippen LogP contribution in [-0.2, 0) is 0 Å². The molecule has 1 heteroatoms. The Bertz CT molecular complexity index is 4400. The monoisotopic (exact) mass is 651 g/mol. The second kappa shape index (κ2) is 11.1. The van der Waals surface area contributed by atoms with Gasteiger partial charge in [0.1, 0.15) is 11.2 Å². The van der Waals surface area contributed by atoms with Crippen LogP contribution in [0.1, 0.15) is 39.8 Å². The van der Waals surface area contributed by atoms with Crippen LogP contribution in [-0.4, -0.2) is 0 Å². The number of hydrogen-bond acceptors (Lipinski definition) is 1. The summed E-state index contributed by atoms with van der Waals surface area (Å²) in [7, 11) is 0. The molecular formula is C48H30O. The van der Waals surface area contributed by atoms with E-state index in [0.29, 0.717) is 0 Å². The van der Waals surface area contributed by atoms with E-state index in [1.165, 1.54) is 0 Å². The molecule has 9 aromatic carbocycles. The Labute approximate surface area is 325 Å². The van der Waals surface area contributed by atoms with Crippen LogP contribution in [0.15, 0.2) is 186 Å². The van der Waals surface area contributed by atoms with Crippen molar-refractivity contribution >= 4 is 54.3 Å². The smallest absolute Gasteiger partial charge is 0.143 e. The van der Waals surface area contributed by atoms with E-state index in [1.54, 1.807) is 0 Å². The van der Waals surface area contributed by atoms with Crippen molar-refractivity contribution in [2.45, 2.75) is 0 Å². The molecule has 0 unspecified atom stereocenters. The maximum atomic E-state index is 9.62. The molecule has 228 valence electrons. The van der Waals surface area contributed by atoms with Crippen LogP contribution in [0.3, 0.4) is 0 Å². The normalized spacial score (nSPS) is 20.0. The van der Waals surface area contributed by atoms with E-state index in [0.717, 1.165) is 6.07 Å². The van der Waals surface area contributed by atoms with Gasteiger partial charge in [-0.1, -0.05) is 157 Å². The summed E-state index contributed by atoms with van der Waals surface area (Å²) in [5.74, 6) is 0. The molecule has 0 N–H and O–H groups in total. The summed E-state index contributed by atoms with van der Waals surface area (Å²) in [6.07, 6.45) is 0. The molecule has 0 aliphatic heterocycles. The van der Waals surface area contributed by atoms with Gasteiger partial charge in [-0.05, 0) is 95.6 Å². The molecule has 0 aliphatic carbocycles. The van der Waals surface area contributed by atoms with Crippen molar-refractivity contribution in [3.63, 3.8) is 0 Å². The maximum absolute atomic E-state index is 9.62. The van der Waals surface area contributed by atoms with Crippen LogP contribution < -0.4 is 0 Å². The topological polar surface area (TPSA) is 13.1 Å². The Morgan fingerprint density at radius 1 is 0.327 bits per heavy atom. The quantitative estimate of drug-likeness (QED) is 0.173. The zero-order valence-electron chi connectivity index (χ0n) is 53.5. The zero-order valence-corrected chi connectivity index (χ0v) is 24.5. The van der Waals surface area contributed by atoms with Gasteiger partial charge in [0.2, 0.25) is 0 Å². The Kier molecular flexibility index (Phi) is 2.56. The number of fused-ring (bicyclic) bond motifs is 7. The van der Waals surface area contributed by atoms with Crippen LogP contribution in [0, 0.1) is 0 Å². The van der Waals surface area contributed by atoms with Gasteiger partial charge in [0.05, 0.1) is 39.8 Å². The molecule has 0 saturated carbocycles. The SMILES string of the molecule is [2H]c1c([2H])c([2H])c(-c2c([2H])c([2H])c([2H])c(-c3c4c([2H])c([2H])c([2H])c([2H])c4c(-c4c([2H])c([2H])c(-c5c([2H])c([2H])c6oc7c(cc([2H])c8c([2H])c([2H])c([2H])c([2H])c87)c6c5[2H])c([2H])c4[2H])c4c([2H])c([2H])c([2H])c([2H])c34)c2[2H])c([2H])c1[2H]. The first-order chi connectivity index (χ1) is 36.4. The van der Waals surface area contributed by atoms with Gasteiger partial charge in [-0.3, -0.25) is 0 Å². The van der Waals surface area contributed by atoms with Crippen molar-refractivity contribution in [3.05, 3.63) is 181 Å². The molecule has 0 radical (unpaired) electrons. The molecule has 0 bridgehead atoms. The van der Waals surface area contributed by atoms with Crippen molar-refractivity contribution in [3.8, 4) is 44.5 Å². The summed E-state index contributed by atoms with van der Waals surface area (Å²) in [6.45, 7) is 0. The minimum atomic E-state index is -1.10. The van der Waals surface area contributed by atoms with Crippen LogP contribution in [0.5, 0.6) is 0 Å². The first-order valence-electron chi connectivity index (χ1n) is 29.0. The molecule has 0 atom stereocenters. The fourth-order valence-electron chi connectivity index (χ4n) is 5.77. The standard InChI is InChI=1S/C48H30O/c1-2-11-31(12-3-1)35-14-10-15-37(29-35)47-41-19-8-6-17-39(41)46(40-18-7-9-20-42(40)47)34-23-21-32(22-24-34)36-26-28-45-44(30-36)43-27-25-33-13-4-5-16-38(33)48(43)49-45/h1-30H/i1D,2D,3D,4D,5D,6D,7D,8D,9D,10D,11D,12D,13D,14D,15D,16D,17D,18D,19D,20D,21D,22D,23D,24D,25D,26D,28D,29D,30D. The van der Waals surface area contributed by atoms with E-state index in [9.17, 15) is 15.1 Å². The molecule has 10 aromatic rings. The molecular weight excluding hydrogens is 593 g/mol. The summed E-state index contributed by atoms with van der Waals surface area (Å²) >= 11 is 0. The van der Waals surface area contributed by atoms with Gasteiger partial charge in [0, 0.05) is 16.2 Å². The van der Waals surface area contributed by atoms with Crippen molar-refractivity contribution in [1.82, 2.24) is 0 Å². The van der Waals surface area contributed by atoms with E-state index in [1.807, 2.05) is 0 Å². The average molecular weight is 652 g/mol. The summed E-state index contributed by atoms with van der Waals surface area (Å²) in [6, 6.07) is -25.7. The second-order valence-corrected chi connectivity index (χ2v) is 10.6. The maximum Gasteiger partial charge on any atom is 0.143 e. The molecule has 1 nitrogen and oxygen atoms in total. The Hall–Kier alpha value is -6.44. The van der Waals surface area contributed by atoms with Crippen molar-refractivity contribution in [2.24, 2.45) is 0 Å². The predicted octanol–water partition coefficient (Wildman–Crippen LogP) is 13.7. The predicted molar refractivity (Wildman–Crippen MR) is 208 cm³/mol. The van der Waals surface area contributed by atoms with E-state index in [4.69, 9.17) is 29.1 Å². The number of furan rings is 1. The highest BCUT2D eigenvalue weighted by molar-refractivity contribution is 6.21. The highest BCUT2D eigenvalue weighted by Gasteiger charge is 2.17. The van der Waals surface area contributed by atoms with Gasteiger partial charge in [-0.15, -0.1) is 0 Å². The second-order valence-electron chi connectivity index (χ2n) is 10.6. The number of hydrogen-bond donors (Lipinski definition) is 0. The molecule has 10 rings (SSSR count). The molecule has 0 amide bonds. The van der Waals surface area contributed by atoms with Gasteiger partial charge in [-0.2, -0.15) is 0 Å². The third kappa shape index (κ3) is 4.47. The Morgan fingerprint density at radius 2 is 0.837 bits per heavy atom. The van der Waals surface area contributed by atoms with E-state index in [2.05, 4.69) is 0 Å². The largest absolute Gasteiger partial charge is 0.455 e. The third-order valence-corrected chi connectivity index (χ3v) is 7.90. The van der Waals surface area contributed by atoms with Gasteiger partial charge in [0.15, 0.2) is 0 Å². The molecule has 0 aliphatic rings. The fraction of sp³-hybridized carbons (Fsp3) is 0. The Balaban J connectivity index is 1.39. The summed E-state index contributed by atoms with van der Waals surface area (Å²) in [5.41, 5.74) is -7.25. The summed E-state index contributed by atoms with van der Waals surface area (Å²) < 4.78 is 266. The lowest BCUT2D eigenvalue weighted by Crippen LogP contribution is -1.91. The third-order valence-electron chi connectivity index (χ3n) is 7.90. The lowest BCUT2D eigenvalue weighted by atomic mass is 9.85. The molecule has 1 heterocycles. The molecule has 1 aromatic heterocycles. The van der Waals surface area contributed by atoms with Crippen LogP contribution >= 0.6 is 0 Å². The molecule has 0 saturated heterocycles. The Morgan fingerprint density at radius 3 is 1.55 bits per heavy atom. The average Bonchev–Trinajstić information content (AvgIpc) is 3.94. The van der Waals surface area contributed by atoms with E-state index >= 15 is 0 Å². The van der Waals surface area contributed by atoms with E-state index in [-0.39, 0.29) is 27.1 Å².